The Morgan fingerprint density at radius 2 is 2.00 bits per heavy atom. The van der Waals surface area contributed by atoms with Crippen LogP contribution in [0.3, 0.4) is 0 Å². The lowest BCUT2D eigenvalue weighted by molar-refractivity contribution is -0.169. The number of rotatable bonds is 10. The number of nitrogens with one attached hydrogen (secondary N) is 1. The van der Waals surface area contributed by atoms with Gasteiger partial charge in [-0.3, -0.25) is 4.79 Å². The van der Waals surface area contributed by atoms with Crippen molar-refractivity contribution in [1.29, 1.82) is 0 Å². The van der Waals surface area contributed by atoms with Crippen LogP contribution >= 0.6 is 11.6 Å². The molecule has 0 spiro atoms. The predicted molar refractivity (Wildman–Crippen MR) is 123 cm³/mol. The van der Waals surface area contributed by atoms with Crippen LogP contribution in [0.1, 0.15) is 45.4 Å². The number of esters is 1. The molecule has 172 valence electrons. The van der Waals surface area contributed by atoms with Gasteiger partial charge >= 0.3 is 5.97 Å². The van der Waals surface area contributed by atoms with Crippen molar-refractivity contribution in [1.82, 2.24) is 4.98 Å². The lowest BCUT2D eigenvalue weighted by Gasteiger charge is -2.36. The van der Waals surface area contributed by atoms with Crippen LogP contribution in [-0.2, 0) is 14.3 Å². The van der Waals surface area contributed by atoms with E-state index >= 15 is 0 Å². The molecule has 0 bridgehead atoms. The molecular formula is C25H30ClNO5. The standard InChI is InChI=1S/C25H30ClNO5/c1-4-24(3,23(29)30-5-2)22(28)21(20-12-9-17-27-20)31-18-13-15-25(26,16-14-18)32-19-10-7-6-8-11-19/h6-15,17,21-22,27-28H,4-5,16H2,1-3H3. The van der Waals surface area contributed by atoms with Gasteiger partial charge in [-0.25, -0.2) is 0 Å². The molecule has 7 heteroatoms. The number of ether oxygens (including phenoxy) is 3. The molecule has 32 heavy (non-hydrogen) atoms. The number of allylic oxidation sites excluding steroid dienone is 1. The Bertz CT molecular complexity index is 943. The summed E-state index contributed by atoms with van der Waals surface area (Å²) < 4.78 is 17.3. The maximum absolute atomic E-state index is 12.7. The average molecular weight is 460 g/mol. The van der Waals surface area contributed by atoms with Gasteiger partial charge in [-0.2, -0.15) is 0 Å². The zero-order chi connectivity index (χ0) is 23.2. The van der Waals surface area contributed by atoms with E-state index in [-0.39, 0.29) is 6.61 Å². The summed E-state index contributed by atoms with van der Waals surface area (Å²) in [4.78, 5) is 15.7. The summed E-state index contributed by atoms with van der Waals surface area (Å²) in [6.45, 7) is 5.52. The second kappa shape index (κ2) is 10.3. The van der Waals surface area contributed by atoms with Crippen LogP contribution < -0.4 is 4.74 Å². The smallest absolute Gasteiger partial charge is 0.314 e. The van der Waals surface area contributed by atoms with Crippen molar-refractivity contribution in [2.45, 2.75) is 50.9 Å². The van der Waals surface area contributed by atoms with Gasteiger partial charge in [0.05, 0.1) is 17.7 Å². The Balaban J connectivity index is 1.78. The van der Waals surface area contributed by atoms with Gasteiger partial charge in [0, 0.05) is 12.6 Å². The molecule has 0 aliphatic heterocycles. The number of aliphatic hydroxyl groups is 1. The Morgan fingerprint density at radius 3 is 2.56 bits per heavy atom. The molecule has 3 rings (SSSR count). The molecule has 0 saturated carbocycles. The summed E-state index contributed by atoms with van der Waals surface area (Å²) in [6.07, 6.45) is 5.79. The molecule has 2 aromatic rings. The van der Waals surface area contributed by atoms with Gasteiger partial charge < -0.3 is 24.3 Å². The highest BCUT2D eigenvalue weighted by atomic mass is 35.5. The van der Waals surface area contributed by atoms with Crippen LogP contribution in [-0.4, -0.2) is 33.8 Å². The van der Waals surface area contributed by atoms with Crippen molar-refractivity contribution >= 4 is 17.6 Å². The first-order chi connectivity index (χ1) is 15.3. The van der Waals surface area contributed by atoms with Gasteiger partial charge in [-0.15, -0.1) is 0 Å². The average Bonchev–Trinajstić information content (AvgIpc) is 3.33. The molecule has 0 radical (unpaired) electrons. The maximum atomic E-state index is 12.7. The minimum atomic E-state index is -1.15. The molecule has 0 fully saturated rings. The van der Waals surface area contributed by atoms with Crippen LogP contribution in [0.15, 0.2) is 72.6 Å². The zero-order valence-corrected chi connectivity index (χ0v) is 19.3. The summed E-state index contributed by atoms with van der Waals surface area (Å²) in [6, 6.07) is 13.0. The number of aromatic amines is 1. The third kappa shape index (κ3) is 5.37. The van der Waals surface area contributed by atoms with Crippen LogP contribution in [0.2, 0.25) is 0 Å². The SMILES string of the molecule is CCOC(=O)C(C)(CC)C(O)C(OC1=CCC(Cl)(Oc2ccccc2)C=C1)c1ccc[nH]1. The van der Waals surface area contributed by atoms with Crippen LogP contribution in [0.5, 0.6) is 5.75 Å². The van der Waals surface area contributed by atoms with Crippen molar-refractivity contribution in [3.63, 3.8) is 0 Å². The molecule has 0 saturated heterocycles. The molecule has 4 unspecified atom stereocenters. The second-order valence-electron chi connectivity index (χ2n) is 7.95. The monoisotopic (exact) mass is 459 g/mol. The van der Waals surface area contributed by atoms with Gasteiger partial charge in [-0.1, -0.05) is 36.7 Å². The van der Waals surface area contributed by atoms with Gasteiger partial charge in [0.1, 0.15) is 17.6 Å². The van der Waals surface area contributed by atoms with E-state index in [9.17, 15) is 9.90 Å². The number of carbonyl (C=O) groups excluding carboxylic acids is 1. The normalized spacial score (nSPS) is 21.7. The first-order valence-electron chi connectivity index (χ1n) is 10.8. The minimum absolute atomic E-state index is 0.238. The van der Waals surface area contributed by atoms with E-state index in [2.05, 4.69) is 4.98 Å². The molecule has 6 nitrogen and oxygen atoms in total. The fourth-order valence-corrected chi connectivity index (χ4v) is 3.73. The number of hydrogen-bond acceptors (Lipinski definition) is 5. The number of hydrogen-bond donors (Lipinski definition) is 2. The van der Waals surface area contributed by atoms with E-state index in [0.717, 1.165) is 0 Å². The summed E-state index contributed by atoms with van der Waals surface area (Å²) in [5, 5.41) is 10.2. The second-order valence-corrected chi connectivity index (χ2v) is 8.59. The largest absolute Gasteiger partial charge is 0.482 e. The molecule has 1 aliphatic carbocycles. The third-order valence-electron chi connectivity index (χ3n) is 5.72. The van der Waals surface area contributed by atoms with E-state index in [4.69, 9.17) is 25.8 Å². The molecule has 1 aromatic heterocycles. The van der Waals surface area contributed by atoms with E-state index in [1.807, 2.05) is 55.5 Å². The Kier molecular flexibility index (Phi) is 7.69. The lowest BCUT2D eigenvalue weighted by Crippen LogP contribution is -2.45. The van der Waals surface area contributed by atoms with Gasteiger partial charge in [0.2, 0.25) is 5.06 Å². The van der Waals surface area contributed by atoms with Crippen molar-refractivity contribution < 1.29 is 24.1 Å². The number of aromatic nitrogens is 1. The first kappa shape index (κ1) is 24.0. The van der Waals surface area contributed by atoms with E-state index < -0.39 is 28.7 Å². The van der Waals surface area contributed by atoms with Crippen LogP contribution in [0.4, 0.5) is 0 Å². The zero-order valence-electron chi connectivity index (χ0n) is 18.6. The van der Waals surface area contributed by atoms with Gasteiger partial charge in [0.25, 0.3) is 0 Å². The molecule has 1 aromatic carbocycles. The number of carbonyl (C=O) groups is 1. The summed E-state index contributed by atoms with van der Waals surface area (Å²) in [7, 11) is 0. The number of aliphatic hydroxyl groups excluding tert-OH is 1. The number of alkyl halides is 1. The topological polar surface area (TPSA) is 80.8 Å². The molecule has 1 aliphatic rings. The minimum Gasteiger partial charge on any atom is -0.482 e. The van der Waals surface area contributed by atoms with Crippen molar-refractivity contribution in [2.24, 2.45) is 5.41 Å². The van der Waals surface area contributed by atoms with Crippen LogP contribution in [0, 0.1) is 5.41 Å². The Morgan fingerprint density at radius 1 is 1.25 bits per heavy atom. The number of halogens is 1. The van der Waals surface area contributed by atoms with Gasteiger partial charge in [-0.05, 0) is 62.8 Å². The molecule has 2 N–H and O–H groups in total. The fourth-order valence-electron chi connectivity index (χ4n) is 3.50. The Labute approximate surface area is 193 Å². The molecule has 4 atom stereocenters. The van der Waals surface area contributed by atoms with E-state index in [1.54, 1.807) is 32.2 Å². The summed E-state index contributed by atoms with van der Waals surface area (Å²) in [5.74, 6) is 0.732. The summed E-state index contributed by atoms with van der Waals surface area (Å²) in [5.41, 5.74) is -0.490. The number of benzene rings is 1. The van der Waals surface area contributed by atoms with Crippen LogP contribution in [0.25, 0.3) is 0 Å². The highest BCUT2D eigenvalue weighted by Gasteiger charge is 2.46. The third-order valence-corrected chi connectivity index (χ3v) is 6.07. The molecular weight excluding hydrogens is 430 g/mol. The summed E-state index contributed by atoms with van der Waals surface area (Å²) >= 11 is 6.62. The first-order valence-corrected chi connectivity index (χ1v) is 11.2. The van der Waals surface area contributed by atoms with E-state index in [1.165, 1.54) is 0 Å². The number of para-hydroxylation sites is 1. The number of H-pyrrole nitrogens is 1. The molecule has 1 heterocycles. The quantitative estimate of drug-likeness (QED) is 0.373. The van der Waals surface area contributed by atoms with Crippen molar-refractivity contribution in [2.75, 3.05) is 6.61 Å². The highest BCUT2D eigenvalue weighted by molar-refractivity contribution is 6.24. The maximum Gasteiger partial charge on any atom is 0.314 e. The lowest BCUT2D eigenvalue weighted by atomic mass is 9.78. The highest BCUT2D eigenvalue weighted by Crippen LogP contribution is 2.39. The Hall–Kier alpha value is -2.70. The van der Waals surface area contributed by atoms with Crippen molar-refractivity contribution in [3.8, 4) is 5.75 Å². The predicted octanol–water partition coefficient (Wildman–Crippen LogP) is 5.27. The van der Waals surface area contributed by atoms with E-state index in [0.29, 0.717) is 30.0 Å². The fraction of sp³-hybridized carbons (Fsp3) is 0.400. The van der Waals surface area contributed by atoms with Crippen molar-refractivity contribution in [3.05, 3.63) is 78.3 Å². The molecule has 0 amide bonds. The van der Waals surface area contributed by atoms with Gasteiger partial charge in [0.15, 0.2) is 6.10 Å².